The van der Waals surface area contributed by atoms with Crippen molar-refractivity contribution in [1.29, 1.82) is 0 Å². The maximum Gasteiger partial charge on any atom is 0.291 e. The van der Waals surface area contributed by atoms with E-state index in [1.807, 2.05) is 18.2 Å². The number of ether oxygens (including phenoxy) is 2. The second kappa shape index (κ2) is 8.29. The molecule has 0 atom stereocenters. The number of nitrogens with two attached hydrogens (primary N) is 1. The normalized spacial score (nSPS) is 9.55. The molecular formula is C12H17N5O5. The van der Waals surface area contributed by atoms with Crippen LogP contribution in [0.25, 0.3) is 0 Å². The second-order valence-electron chi connectivity index (χ2n) is 4.07. The molecule has 0 fully saturated rings. The first-order valence-corrected chi connectivity index (χ1v) is 6.17. The number of hydrogen-bond acceptors (Lipinski definition) is 7. The Bertz CT molecular complexity index is 612. The number of nitrogens with zero attached hydrogens (tertiary/aromatic N) is 3. The predicted molar refractivity (Wildman–Crippen MR) is 76.5 cm³/mol. The number of nitrogen functional groups attached to an aromatic ring is 1. The molecule has 22 heavy (non-hydrogen) atoms. The third-order valence-corrected chi connectivity index (χ3v) is 2.65. The summed E-state index contributed by atoms with van der Waals surface area (Å²) in [7, 11) is 3.24. The second-order valence-corrected chi connectivity index (χ2v) is 4.07. The summed E-state index contributed by atoms with van der Waals surface area (Å²) in [5.74, 6) is 2.51. The van der Waals surface area contributed by atoms with Crippen molar-refractivity contribution in [2.75, 3.05) is 20.0 Å². The standard InChI is InChI=1S/C12H16N4O2.HNO3/c1-17-9-5-3-8(7-10(9)18-2)4-6-11-14-12(13)16-15-11;2-1(3)4/h3,5,7H,4,6H2,1-2H3,(H3,13,14,15,16);(H,2,3,4). The summed E-state index contributed by atoms with van der Waals surface area (Å²) in [5, 5.41) is 20.2. The number of rotatable bonds is 5. The highest BCUT2D eigenvalue weighted by molar-refractivity contribution is 5.43. The van der Waals surface area contributed by atoms with E-state index in [0.29, 0.717) is 0 Å². The van der Waals surface area contributed by atoms with Gasteiger partial charge in [-0.2, -0.15) is 4.98 Å². The molecule has 0 aliphatic rings. The first kappa shape index (κ1) is 17.0. The van der Waals surface area contributed by atoms with E-state index in [-0.39, 0.29) is 5.95 Å². The zero-order valence-electron chi connectivity index (χ0n) is 12.1. The monoisotopic (exact) mass is 311 g/mol. The molecule has 0 aliphatic carbocycles. The average molecular weight is 311 g/mol. The number of aromatic amines is 1. The Hall–Kier alpha value is -3.04. The minimum atomic E-state index is -1.50. The Labute approximate surface area is 126 Å². The van der Waals surface area contributed by atoms with Crippen LogP contribution in [0.4, 0.5) is 5.95 Å². The lowest BCUT2D eigenvalue weighted by molar-refractivity contribution is -0.742. The number of methoxy groups -OCH3 is 2. The number of nitrogens with one attached hydrogen (secondary N) is 1. The van der Waals surface area contributed by atoms with E-state index in [1.54, 1.807) is 14.2 Å². The highest BCUT2D eigenvalue weighted by Crippen LogP contribution is 2.27. The van der Waals surface area contributed by atoms with Crippen LogP contribution in [-0.4, -0.2) is 39.7 Å². The number of benzene rings is 1. The number of hydrogen-bond donors (Lipinski definition) is 3. The van der Waals surface area contributed by atoms with Gasteiger partial charge in [-0.15, -0.1) is 15.2 Å². The van der Waals surface area contributed by atoms with Gasteiger partial charge in [0.15, 0.2) is 11.5 Å². The molecule has 2 aromatic rings. The maximum absolute atomic E-state index is 8.36. The Kier molecular flexibility index (Phi) is 6.41. The summed E-state index contributed by atoms with van der Waals surface area (Å²) in [5.41, 5.74) is 6.58. The molecule has 4 N–H and O–H groups in total. The lowest BCUT2D eigenvalue weighted by atomic mass is 10.1. The van der Waals surface area contributed by atoms with Gasteiger partial charge >= 0.3 is 0 Å². The zero-order valence-corrected chi connectivity index (χ0v) is 12.1. The van der Waals surface area contributed by atoms with Crippen LogP contribution in [0.15, 0.2) is 18.2 Å². The summed E-state index contributed by atoms with van der Waals surface area (Å²) in [6.45, 7) is 0. The Morgan fingerprint density at radius 3 is 2.45 bits per heavy atom. The van der Waals surface area contributed by atoms with E-state index in [9.17, 15) is 0 Å². The van der Waals surface area contributed by atoms with Crippen molar-refractivity contribution in [3.05, 3.63) is 39.7 Å². The highest BCUT2D eigenvalue weighted by atomic mass is 16.9. The Morgan fingerprint density at radius 2 is 1.95 bits per heavy atom. The van der Waals surface area contributed by atoms with Gasteiger partial charge in [-0.25, -0.2) is 0 Å². The first-order valence-electron chi connectivity index (χ1n) is 6.17. The third-order valence-electron chi connectivity index (χ3n) is 2.65. The summed E-state index contributed by atoms with van der Waals surface area (Å²) in [6, 6.07) is 5.85. The molecule has 10 heteroatoms. The van der Waals surface area contributed by atoms with E-state index in [1.165, 1.54) is 0 Å². The summed E-state index contributed by atoms with van der Waals surface area (Å²) in [6.07, 6.45) is 1.58. The minimum Gasteiger partial charge on any atom is -0.493 e. The smallest absolute Gasteiger partial charge is 0.291 e. The SMILES string of the molecule is COc1ccc(CCc2nc(N)n[nH]2)cc1OC.O=[N+]([O-])O. The molecule has 0 radical (unpaired) electrons. The highest BCUT2D eigenvalue weighted by Gasteiger charge is 2.06. The molecular weight excluding hydrogens is 294 g/mol. The van der Waals surface area contributed by atoms with E-state index in [2.05, 4.69) is 15.2 Å². The summed E-state index contributed by atoms with van der Waals surface area (Å²) in [4.78, 5) is 12.4. The van der Waals surface area contributed by atoms with Crippen LogP contribution in [0.1, 0.15) is 11.4 Å². The minimum absolute atomic E-state index is 0.275. The van der Waals surface area contributed by atoms with Crippen LogP contribution in [0.5, 0.6) is 11.5 Å². The van der Waals surface area contributed by atoms with Gasteiger partial charge in [0.25, 0.3) is 5.09 Å². The number of aromatic nitrogens is 3. The van der Waals surface area contributed by atoms with E-state index >= 15 is 0 Å². The van der Waals surface area contributed by atoms with Crippen LogP contribution in [0, 0.1) is 10.1 Å². The quantitative estimate of drug-likeness (QED) is 0.543. The molecule has 0 saturated heterocycles. The van der Waals surface area contributed by atoms with Gasteiger partial charge in [-0.05, 0) is 24.1 Å². The maximum atomic E-state index is 8.36. The van der Waals surface area contributed by atoms with Crippen molar-refractivity contribution < 1.29 is 19.8 Å². The van der Waals surface area contributed by atoms with Crippen molar-refractivity contribution in [2.45, 2.75) is 12.8 Å². The number of anilines is 1. The van der Waals surface area contributed by atoms with Crippen molar-refractivity contribution in [1.82, 2.24) is 15.2 Å². The van der Waals surface area contributed by atoms with Crippen LogP contribution >= 0.6 is 0 Å². The summed E-state index contributed by atoms with van der Waals surface area (Å²) >= 11 is 0. The average Bonchev–Trinajstić information content (AvgIpc) is 2.90. The molecule has 0 amide bonds. The van der Waals surface area contributed by atoms with Crippen LogP contribution in [0.3, 0.4) is 0 Å². The molecule has 120 valence electrons. The predicted octanol–water partition coefficient (Wildman–Crippen LogP) is 0.842. The Morgan fingerprint density at radius 1 is 1.32 bits per heavy atom. The number of H-pyrrole nitrogens is 1. The molecule has 0 saturated carbocycles. The van der Waals surface area contributed by atoms with Gasteiger partial charge in [0.2, 0.25) is 5.95 Å². The molecule has 1 heterocycles. The largest absolute Gasteiger partial charge is 0.493 e. The van der Waals surface area contributed by atoms with Gasteiger partial charge in [0.1, 0.15) is 5.82 Å². The van der Waals surface area contributed by atoms with Crippen LogP contribution in [0.2, 0.25) is 0 Å². The van der Waals surface area contributed by atoms with Crippen molar-refractivity contribution in [3.63, 3.8) is 0 Å². The van der Waals surface area contributed by atoms with Gasteiger partial charge < -0.3 is 20.4 Å². The fraction of sp³-hybridized carbons (Fsp3) is 0.333. The molecule has 0 spiro atoms. The van der Waals surface area contributed by atoms with Crippen molar-refractivity contribution in [2.24, 2.45) is 0 Å². The molecule has 10 nitrogen and oxygen atoms in total. The molecule has 1 aromatic carbocycles. The van der Waals surface area contributed by atoms with Gasteiger partial charge in [-0.3, -0.25) is 5.10 Å². The third kappa shape index (κ3) is 5.53. The fourth-order valence-electron chi connectivity index (χ4n) is 1.72. The van der Waals surface area contributed by atoms with Gasteiger partial charge in [0, 0.05) is 6.42 Å². The molecule has 2 rings (SSSR count). The number of aryl methyl sites for hydroxylation is 2. The zero-order chi connectivity index (χ0) is 16.5. The van der Waals surface area contributed by atoms with Crippen LogP contribution in [-0.2, 0) is 12.8 Å². The van der Waals surface area contributed by atoms with E-state index in [0.717, 1.165) is 35.7 Å². The van der Waals surface area contributed by atoms with E-state index < -0.39 is 5.09 Å². The molecule has 0 unspecified atom stereocenters. The molecule has 1 aromatic heterocycles. The molecule has 0 bridgehead atoms. The van der Waals surface area contributed by atoms with Gasteiger partial charge in [-0.1, -0.05) is 6.07 Å². The Balaban J connectivity index is 0.000000541. The summed E-state index contributed by atoms with van der Waals surface area (Å²) < 4.78 is 10.4. The lowest BCUT2D eigenvalue weighted by Crippen LogP contribution is -1.96. The van der Waals surface area contributed by atoms with Crippen molar-refractivity contribution in [3.8, 4) is 11.5 Å². The van der Waals surface area contributed by atoms with E-state index in [4.69, 9.17) is 30.5 Å². The molecule has 0 aliphatic heterocycles. The van der Waals surface area contributed by atoms with Crippen molar-refractivity contribution >= 4 is 5.95 Å². The van der Waals surface area contributed by atoms with Crippen LogP contribution < -0.4 is 15.2 Å². The van der Waals surface area contributed by atoms with Gasteiger partial charge in [0.05, 0.1) is 14.2 Å². The lowest BCUT2D eigenvalue weighted by Gasteiger charge is -2.09. The fourth-order valence-corrected chi connectivity index (χ4v) is 1.72. The topological polar surface area (TPSA) is 149 Å². The first-order chi connectivity index (χ1) is 10.5.